The maximum Gasteiger partial charge on any atom is 0.138 e. The molecule has 0 bridgehead atoms. The Morgan fingerprint density at radius 1 is 1.00 bits per heavy atom. The fourth-order valence-corrected chi connectivity index (χ4v) is 3.49. The number of hydrogen-bond donors (Lipinski definition) is 0. The van der Waals surface area contributed by atoms with Gasteiger partial charge in [0.2, 0.25) is 0 Å². The van der Waals surface area contributed by atoms with E-state index < -0.39 is 0 Å². The van der Waals surface area contributed by atoms with Crippen LogP contribution in [0.3, 0.4) is 0 Å². The smallest absolute Gasteiger partial charge is 0.138 e. The van der Waals surface area contributed by atoms with Crippen molar-refractivity contribution in [3.8, 4) is 22.6 Å². The Hall–Kier alpha value is -2.89. The molecule has 2 aromatic carbocycles. The molecule has 29 heavy (non-hydrogen) atoms. The average molecular weight is 390 g/mol. The zero-order valence-corrected chi connectivity index (χ0v) is 16.7. The van der Waals surface area contributed by atoms with E-state index in [1.54, 1.807) is 13.3 Å². The molecule has 1 atom stereocenters. The third kappa shape index (κ3) is 5.34. The molecular weight excluding hydrogens is 364 g/mol. The van der Waals surface area contributed by atoms with E-state index in [-0.39, 0.29) is 6.10 Å². The standard InChI is InChI=1S/C24H26N2O3/c1-27-22-9-7-20(8-10-22)21-13-23(15-25-14-21)29-18-24-17-26(11-12-28-24)16-19-5-3-2-4-6-19/h2-10,13-15,24H,11-12,16-18H2,1H3/t24-/m0/s1. The maximum absolute atomic E-state index is 6.01. The van der Waals surface area contributed by atoms with E-state index in [2.05, 4.69) is 34.1 Å². The first-order valence-corrected chi connectivity index (χ1v) is 9.90. The van der Waals surface area contributed by atoms with E-state index in [4.69, 9.17) is 14.2 Å². The van der Waals surface area contributed by atoms with Crippen LogP contribution in [0.5, 0.6) is 11.5 Å². The molecule has 3 aromatic rings. The second-order valence-corrected chi connectivity index (χ2v) is 7.16. The van der Waals surface area contributed by atoms with Gasteiger partial charge in [-0.1, -0.05) is 42.5 Å². The molecule has 2 heterocycles. The summed E-state index contributed by atoms with van der Waals surface area (Å²) in [5.74, 6) is 1.59. The molecule has 0 saturated carbocycles. The highest BCUT2D eigenvalue weighted by atomic mass is 16.5. The van der Waals surface area contributed by atoms with E-state index in [1.165, 1.54) is 5.56 Å². The average Bonchev–Trinajstić information content (AvgIpc) is 2.79. The highest BCUT2D eigenvalue weighted by Crippen LogP contribution is 2.25. The minimum Gasteiger partial charge on any atom is -0.497 e. The van der Waals surface area contributed by atoms with Crippen LogP contribution in [0.4, 0.5) is 0 Å². The highest BCUT2D eigenvalue weighted by molar-refractivity contribution is 5.64. The SMILES string of the molecule is COc1ccc(-c2cncc(OC[C@@H]3CN(Cc4ccccc4)CCO3)c2)cc1. The molecule has 150 valence electrons. The van der Waals surface area contributed by atoms with Crippen LogP contribution < -0.4 is 9.47 Å². The van der Waals surface area contributed by atoms with Gasteiger partial charge < -0.3 is 14.2 Å². The number of nitrogens with zero attached hydrogens (tertiary/aromatic N) is 2. The molecular formula is C24H26N2O3. The van der Waals surface area contributed by atoms with Gasteiger partial charge >= 0.3 is 0 Å². The van der Waals surface area contributed by atoms with Crippen molar-refractivity contribution in [1.29, 1.82) is 0 Å². The number of ether oxygens (including phenoxy) is 3. The van der Waals surface area contributed by atoms with Gasteiger partial charge in [-0.05, 0) is 29.3 Å². The summed E-state index contributed by atoms with van der Waals surface area (Å²) in [4.78, 5) is 6.75. The number of benzene rings is 2. The molecule has 0 radical (unpaired) electrons. The van der Waals surface area contributed by atoms with Gasteiger partial charge in [0.25, 0.3) is 0 Å². The van der Waals surface area contributed by atoms with Crippen LogP contribution in [0.1, 0.15) is 5.56 Å². The lowest BCUT2D eigenvalue weighted by Crippen LogP contribution is -2.44. The summed E-state index contributed by atoms with van der Waals surface area (Å²) in [6.45, 7) is 3.99. The van der Waals surface area contributed by atoms with Crippen LogP contribution in [0.15, 0.2) is 73.1 Å². The summed E-state index contributed by atoms with van der Waals surface area (Å²) in [7, 11) is 1.67. The van der Waals surface area contributed by atoms with Crippen LogP contribution in [0.25, 0.3) is 11.1 Å². The first kappa shape index (κ1) is 19.4. The maximum atomic E-state index is 6.01. The van der Waals surface area contributed by atoms with Crippen LogP contribution in [0, 0.1) is 0 Å². The minimum absolute atomic E-state index is 0.0529. The van der Waals surface area contributed by atoms with Crippen molar-refractivity contribution in [2.24, 2.45) is 0 Å². The number of rotatable bonds is 7. The molecule has 0 amide bonds. The minimum atomic E-state index is 0.0529. The summed E-state index contributed by atoms with van der Waals surface area (Å²) in [5, 5.41) is 0. The molecule has 4 rings (SSSR count). The van der Waals surface area contributed by atoms with Crippen molar-refractivity contribution < 1.29 is 14.2 Å². The Kier molecular flexibility index (Phi) is 6.39. The van der Waals surface area contributed by atoms with Gasteiger partial charge in [-0.3, -0.25) is 9.88 Å². The lowest BCUT2D eigenvalue weighted by atomic mass is 10.1. The van der Waals surface area contributed by atoms with E-state index in [0.29, 0.717) is 6.61 Å². The summed E-state index contributed by atoms with van der Waals surface area (Å²) in [6, 6.07) is 20.5. The Morgan fingerprint density at radius 2 is 1.83 bits per heavy atom. The Bertz CT molecular complexity index is 900. The normalized spacial score (nSPS) is 17.1. The van der Waals surface area contributed by atoms with Gasteiger partial charge in [-0.2, -0.15) is 0 Å². The lowest BCUT2D eigenvalue weighted by molar-refractivity contribution is -0.0504. The number of aromatic nitrogens is 1. The Morgan fingerprint density at radius 3 is 2.62 bits per heavy atom. The summed E-state index contributed by atoms with van der Waals surface area (Å²) in [6.07, 6.45) is 3.64. The number of pyridine rings is 1. The van der Waals surface area contributed by atoms with Gasteiger partial charge in [0.15, 0.2) is 0 Å². The van der Waals surface area contributed by atoms with Gasteiger partial charge in [-0.15, -0.1) is 0 Å². The Labute approximate surface area is 171 Å². The molecule has 1 saturated heterocycles. The van der Waals surface area contributed by atoms with Crippen molar-refractivity contribution in [2.75, 3.05) is 33.4 Å². The second-order valence-electron chi connectivity index (χ2n) is 7.16. The molecule has 1 fully saturated rings. The molecule has 0 aliphatic carbocycles. The van der Waals surface area contributed by atoms with Crippen LogP contribution >= 0.6 is 0 Å². The first-order valence-electron chi connectivity index (χ1n) is 9.90. The van der Waals surface area contributed by atoms with E-state index >= 15 is 0 Å². The van der Waals surface area contributed by atoms with Gasteiger partial charge in [0.05, 0.1) is 19.9 Å². The summed E-state index contributed by atoms with van der Waals surface area (Å²) < 4.78 is 17.1. The van der Waals surface area contributed by atoms with Crippen molar-refractivity contribution in [2.45, 2.75) is 12.6 Å². The summed E-state index contributed by atoms with van der Waals surface area (Å²) >= 11 is 0. The van der Waals surface area contributed by atoms with Crippen molar-refractivity contribution in [1.82, 2.24) is 9.88 Å². The molecule has 5 heteroatoms. The van der Waals surface area contributed by atoms with E-state index in [9.17, 15) is 0 Å². The largest absolute Gasteiger partial charge is 0.497 e. The number of morpholine rings is 1. The van der Waals surface area contributed by atoms with Crippen LogP contribution in [0.2, 0.25) is 0 Å². The van der Waals surface area contributed by atoms with Crippen molar-refractivity contribution in [3.63, 3.8) is 0 Å². The second kappa shape index (κ2) is 9.54. The van der Waals surface area contributed by atoms with Crippen LogP contribution in [-0.2, 0) is 11.3 Å². The molecule has 5 nitrogen and oxygen atoms in total. The first-order chi connectivity index (χ1) is 14.3. The molecule has 0 N–H and O–H groups in total. The Balaban J connectivity index is 1.33. The van der Waals surface area contributed by atoms with E-state index in [1.807, 2.05) is 42.6 Å². The third-order valence-corrected chi connectivity index (χ3v) is 5.04. The molecule has 1 aliphatic heterocycles. The van der Waals surface area contributed by atoms with Crippen molar-refractivity contribution >= 4 is 0 Å². The zero-order chi connectivity index (χ0) is 19.9. The van der Waals surface area contributed by atoms with Crippen molar-refractivity contribution in [3.05, 3.63) is 78.6 Å². The predicted molar refractivity (Wildman–Crippen MR) is 113 cm³/mol. The zero-order valence-electron chi connectivity index (χ0n) is 16.7. The van der Waals surface area contributed by atoms with E-state index in [0.717, 1.165) is 48.9 Å². The molecule has 1 aliphatic rings. The fourth-order valence-electron chi connectivity index (χ4n) is 3.49. The third-order valence-electron chi connectivity index (χ3n) is 5.04. The molecule has 1 aromatic heterocycles. The van der Waals surface area contributed by atoms with Gasteiger partial charge in [-0.25, -0.2) is 0 Å². The number of hydrogen-bond acceptors (Lipinski definition) is 5. The van der Waals surface area contributed by atoms with Crippen LogP contribution in [-0.4, -0.2) is 49.4 Å². The molecule has 0 spiro atoms. The topological polar surface area (TPSA) is 43.8 Å². The fraction of sp³-hybridized carbons (Fsp3) is 0.292. The molecule has 0 unspecified atom stereocenters. The highest BCUT2D eigenvalue weighted by Gasteiger charge is 2.21. The van der Waals surface area contributed by atoms with Gasteiger partial charge in [0, 0.05) is 31.4 Å². The monoisotopic (exact) mass is 390 g/mol. The predicted octanol–water partition coefficient (Wildman–Crippen LogP) is 4.04. The quantitative estimate of drug-likeness (QED) is 0.609. The summed E-state index contributed by atoms with van der Waals surface area (Å²) in [5.41, 5.74) is 3.41. The number of methoxy groups -OCH3 is 1. The van der Waals surface area contributed by atoms with Gasteiger partial charge in [0.1, 0.15) is 24.2 Å². The lowest BCUT2D eigenvalue weighted by Gasteiger charge is -2.32.